The molecule has 1 atom stereocenters. The second-order valence-electron chi connectivity index (χ2n) is 7.80. The summed E-state index contributed by atoms with van der Waals surface area (Å²) in [7, 11) is 0. The maximum Gasteiger partial charge on any atom is 0.261 e. The zero-order valence-corrected chi connectivity index (χ0v) is 17.6. The number of hydrogen-bond donors (Lipinski definition) is 3. The van der Waals surface area contributed by atoms with Crippen molar-refractivity contribution in [2.45, 2.75) is 25.8 Å². The summed E-state index contributed by atoms with van der Waals surface area (Å²) < 4.78 is 0. The van der Waals surface area contributed by atoms with E-state index in [1.807, 2.05) is 36.4 Å². The molecule has 1 aliphatic rings. The van der Waals surface area contributed by atoms with Crippen molar-refractivity contribution < 1.29 is 0 Å². The largest absolute Gasteiger partial charge is 0.382 e. The molecule has 1 fully saturated rings. The van der Waals surface area contributed by atoms with Crippen LogP contribution in [0.5, 0.6) is 0 Å². The van der Waals surface area contributed by atoms with E-state index in [9.17, 15) is 4.79 Å². The first-order chi connectivity index (χ1) is 14.6. The maximum atomic E-state index is 13.2. The molecule has 0 bridgehead atoms. The first-order valence-corrected chi connectivity index (χ1v) is 10.8. The fraction of sp³-hybridized carbons (Fsp3) is 0.304. The van der Waals surface area contributed by atoms with Crippen LogP contribution in [0.3, 0.4) is 0 Å². The topological polar surface area (TPSA) is 76.8 Å². The average molecular weight is 422 g/mol. The Morgan fingerprint density at radius 1 is 1.20 bits per heavy atom. The van der Waals surface area contributed by atoms with Gasteiger partial charge in [-0.1, -0.05) is 30.7 Å². The quantitative estimate of drug-likeness (QED) is 0.439. The van der Waals surface area contributed by atoms with Crippen LogP contribution in [0.1, 0.15) is 19.8 Å². The van der Waals surface area contributed by atoms with Crippen molar-refractivity contribution in [3.8, 4) is 11.4 Å². The van der Waals surface area contributed by atoms with Crippen LogP contribution in [0.2, 0.25) is 5.02 Å². The summed E-state index contributed by atoms with van der Waals surface area (Å²) in [5, 5.41) is 5.12. The molecule has 5 rings (SSSR count). The van der Waals surface area contributed by atoms with Crippen molar-refractivity contribution in [3.63, 3.8) is 0 Å². The minimum absolute atomic E-state index is 0.190. The second-order valence-corrected chi connectivity index (χ2v) is 8.24. The molecule has 3 N–H and O–H groups in total. The molecule has 1 aliphatic heterocycles. The van der Waals surface area contributed by atoms with Gasteiger partial charge in [0.1, 0.15) is 11.4 Å². The van der Waals surface area contributed by atoms with Gasteiger partial charge >= 0.3 is 0 Å². The lowest BCUT2D eigenvalue weighted by Crippen LogP contribution is -2.35. The third-order valence-electron chi connectivity index (χ3n) is 6.02. The summed E-state index contributed by atoms with van der Waals surface area (Å²) in [5.41, 5.74) is 3.59. The van der Waals surface area contributed by atoms with Gasteiger partial charge in [-0.2, -0.15) is 0 Å². The van der Waals surface area contributed by atoms with E-state index >= 15 is 0 Å². The number of likely N-dealkylation sites (tertiary alicyclic amines) is 1. The molecular weight excluding hydrogens is 398 g/mol. The molecule has 154 valence electrons. The van der Waals surface area contributed by atoms with Crippen molar-refractivity contribution in [2.24, 2.45) is 0 Å². The number of hydrogen-bond acceptors (Lipinski definition) is 4. The van der Waals surface area contributed by atoms with E-state index in [4.69, 9.17) is 11.6 Å². The molecule has 6 nitrogen and oxygen atoms in total. The van der Waals surface area contributed by atoms with E-state index in [0.29, 0.717) is 28.0 Å². The van der Waals surface area contributed by atoms with Crippen LogP contribution in [0.15, 0.2) is 47.3 Å². The Morgan fingerprint density at radius 3 is 2.90 bits per heavy atom. The standard InChI is InChI=1S/C23H24ClN5O/c1-2-29-11-5-6-15(29)13-25-21-16-10-9-14(24)12-19(16)28-23(30)20(21)22-26-17-7-3-4-8-18(17)27-22/h3-4,7-10,12,15H,2,5-6,11,13H2,1H3,(H,26,27)(H2,25,28,30)/t15-/m1/s1. The fourth-order valence-corrected chi connectivity index (χ4v) is 4.69. The van der Waals surface area contributed by atoms with Gasteiger partial charge < -0.3 is 15.3 Å². The molecule has 0 spiro atoms. The van der Waals surface area contributed by atoms with Crippen LogP contribution in [0.4, 0.5) is 5.69 Å². The number of fused-ring (bicyclic) bond motifs is 2. The number of H-pyrrole nitrogens is 2. The van der Waals surface area contributed by atoms with E-state index in [1.54, 1.807) is 6.07 Å². The molecule has 2 aromatic carbocycles. The normalized spacial score (nSPS) is 17.2. The van der Waals surface area contributed by atoms with Crippen molar-refractivity contribution in [2.75, 3.05) is 25.0 Å². The Morgan fingerprint density at radius 2 is 2.07 bits per heavy atom. The lowest BCUT2D eigenvalue weighted by Gasteiger charge is -2.24. The maximum absolute atomic E-state index is 13.2. The van der Waals surface area contributed by atoms with E-state index in [1.165, 1.54) is 6.42 Å². The van der Waals surface area contributed by atoms with Crippen molar-refractivity contribution in [1.29, 1.82) is 0 Å². The lowest BCUT2D eigenvalue weighted by atomic mass is 10.1. The van der Waals surface area contributed by atoms with Crippen LogP contribution in [0, 0.1) is 0 Å². The number of pyridine rings is 1. The number of likely N-dealkylation sites (N-methyl/N-ethyl adjacent to an activating group) is 1. The summed E-state index contributed by atoms with van der Waals surface area (Å²) in [6.07, 6.45) is 2.37. The predicted molar refractivity (Wildman–Crippen MR) is 123 cm³/mol. The van der Waals surface area contributed by atoms with E-state index < -0.39 is 0 Å². The first kappa shape index (κ1) is 19.2. The predicted octanol–water partition coefficient (Wildman–Crippen LogP) is 4.62. The van der Waals surface area contributed by atoms with Gasteiger partial charge in [0.05, 0.1) is 22.2 Å². The summed E-state index contributed by atoms with van der Waals surface area (Å²) >= 11 is 6.18. The molecule has 30 heavy (non-hydrogen) atoms. The lowest BCUT2D eigenvalue weighted by molar-refractivity contribution is 0.277. The zero-order chi connectivity index (χ0) is 20.7. The zero-order valence-electron chi connectivity index (χ0n) is 16.8. The number of nitrogens with zero attached hydrogens (tertiary/aromatic N) is 2. The smallest absolute Gasteiger partial charge is 0.261 e. The highest BCUT2D eigenvalue weighted by atomic mass is 35.5. The Labute approximate surface area is 179 Å². The molecule has 0 amide bonds. The number of imidazole rings is 1. The number of aromatic nitrogens is 3. The molecule has 3 heterocycles. The molecule has 7 heteroatoms. The highest BCUT2D eigenvalue weighted by Crippen LogP contribution is 2.32. The molecule has 4 aromatic rings. The summed E-state index contributed by atoms with van der Waals surface area (Å²) in [5.74, 6) is 0.565. The van der Waals surface area contributed by atoms with E-state index in [0.717, 1.165) is 48.2 Å². The van der Waals surface area contributed by atoms with Gasteiger partial charge in [0.15, 0.2) is 0 Å². The number of anilines is 1. The fourth-order valence-electron chi connectivity index (χ4n) is 4.51. The highest BCUT2D eigenvalue weighted by Gasteiger charge is 2.24. The van der Waals surface area contributed by atoms with Gasteiger partial charge in [0.2, 0.25) is 0 Å². The van der Waals surface area contributed by atoms with Crippen LogP contribution in [-0.4, -0.2) is 45.5 Å². The van der Waals surface area contributed by atoms with Gasteiger partial charge in [-0.15, -0.1) is 0 Å². The SMILES string of the molecule is CCN1CCC[C@@H]1CNc1c(-c2nc3ccccc3[nH]2)c(=O)[nH]c2cc(Cl)ccc12. The Bertz CT molecular complexity index is 1240. The molecule has 0 unspecified atom stereocenters. The molecule has 0 aliphatic carbocycles. The minimum atomic E-state index is -0.190. The van der Waals surface area contributed by atoms with Crippen molar-refractivity contribution in [3.05, 3.63) is 57.8 Å². The molecule has 0 saturated carbocycles. The summed E-state index contributed by atoms with van der Waals surface area (Å²) in [6.45, 7) is 5.14. The Hall–Kier alpha value is -2.83. The molecule has 2 aromatic heterocycles. The number of benzene rings is 2. The van der Waals surface area contributed by atoms with Crippen LogP contribution >= 0.6 is 11.6 Å². The van der Waals surface area contributed by atoms with Gasteiger partial charge in [0.25, 0.3) is 5.56 Å². The number of rotatable bonds is 5. The van der Waals surface area contributed by atoms with E-state index in [-0.39, 0.29) is 5.56 Å². The Balaban J connectivity index is 1.65. The minimum Gasteiger partial charge on any atom is -0.382 e. The van der Waals surface area contributed by atoms with Gasteiger partial charge in [-0.3, -0.25) is 9.69 Å². The monoisotopic (exact) mass is 421 g/mol. The highest BCUT2D eigenvalue weighted by molar-refractivity contribution is 6.31. The molecule has 0 radical (unpaired) electrons. The van der Waals surface area contributed by atoms with Gasteiger partial charge in [0, 0.05) is 23.0 Å². The molecular formula is C23H24ClN5O. The van der Waals surface area contributed by atoms with Crippen LogP contribution in [0.25, 0.3) is 33.3 Å². The van der Waals surface area contributed by atoms with Gasteiger partial charge in [-0.05, 0) is 56.3 Å². The summed E-state index contributed by atoms with van der Waals surface area (Å²) in [6, 6.07) is 13.9. The average Bonchev–Trinajstić information content (AvgIpc) is 3.37. The summed E-state index contributed by atoms with van der Waals surface area (Å²) in [4.78, 5) is 26.6. The Kier molecular flexibility index (Phi) is 4.97. The molecule has 1 saturated heterocycles. The van der Waals surface area contributed by atoms with Crippen molar-refractivity contribution in [1.82, 2.24) is 19.9 Å². The number of halogens is 1. The number of para-hydroxylation sites is 2. The number of aromatic amines is 2. The van der Waals surface area contributed by atoms with Crippen LogP contribution in [-0.2, 0) is 0 Å². The third-order valence-corrected chi connectivity index (χ3v) is 6.26. The van der Waals surface area contributed by atoms with Crippen LogP contribution < -0.4 is 10.9 Å². The number of nitrogens with one attached hydrogen (secondary N) is 3. The van der Waals surface area contributed by atoms with Crippen molar-refractivity contribution >= 4 is 39.2 Å². The van der Waals surface area contributed by atoms with Gasteiger partial charge in [-0.25, -0.2) is 4.98 Å². The first-order valence-electron chi connectivity index (χ1n) is 10.4. The third kappa shape index (κ3) is 3.36. The van der Waals surface area contributed by atoms with E-state index in [2.05, 4.69) is 32.1 Å². The second kappa shape index (κ2) is 7.78.